The third-order valence-electron chi connectivity index (χ3n) is 3.69. The predicted octanol–water partition coefficient (Wildman–Crippen LogP) is 0.507. The summed E-state index contributed by atoms with van der Waals surface area (Å²) in [5, 5.41) is 7.54. The number of hydrogen-bond donors (Lipinski definition) is 2. The van der Waals surface area contributed by atoms with E-state index < -0.39 is 0 Å². The summed E-state index contributed by atoms with van der Waals surface area (Å²) >= 11 is 1.78. The van der Waals surface area contributed by atoms with E-state index in [1.807, 2.05) is 13.8 Å². The SMILES string of the molecule is CC(C)NC(=O)CNC(=O)CN1CCN(Cc2cccs2)CC1. The molecule has 1 aromatic rings. The van der Waals surface area contributed by atoms with Gasteiger partial charge in [0.15, 0.2) is 0 Å². The molecule has 0 radical (unpaired) electrons. The normalized spacial score (nSPS) is 16.5. The molecule has 2 heterocycles. The van der Waals surface area contributed by atoms with Gasteiger partial charge in [0.1, 0.15) is 0 Å². The summed E-state index contributed by atoms with van der Waals surface area (Å²) in [5.74, 6) is -0.232. The molecular weight excluding hydrogens is 312 g/mol. The standard InChI is InChI=1S/C16H26N4O2S/c1-13(2)18-15(21)10-17-16(22)12-20-7-5-19(6-8-20)11-14-4-3-9-23-14/h3-4,9,13H,5-8,10-12H2,1-2H3,(H,17,22)(H,18,21). The molecule has 0 saturated carbocycles. The first-order valence-electron chi connectivity index (χ1n) is 8.06. The van der Waals surface area contributed by atoms with Gasteiger partial charge in [0, 0.05) is 43.6 Å². The van der Waals surface area contributed by atoms with Crippen LogP contribution in [-0.2, 0) is 16.1 Å². The topological polar surface area (TPSA) is 64.7 Å². The monoisotopic (exact) mass is 338 g/mol. The number of thiophene rings is 1. The van der Waals surface area contributed by atoms with Crippen molar-refractivity contribution in [2.75, 3.05) is 39.3 Å². The van der Waals surface area contributed by atoms with Crippen LogP contribution in [0.4, 0.5) is 0 Å². The van der Waals surface area contributed by atoms with Gasteiger partial charge in [0.2, 0.25) is 11.8 Å². The van der Waals surface area contributed by atoms with Crippen molar-refractivity contribution < 1.29 is 9.59 Å². The number of amides is 2. The Labute approximate surface area is 141 Å². The van der Waals surface area contributed by atoms with Crippen molar-refractivity contribution in [3.63, 3.8) is 0 Å². The van der Waals surface area contributed by atoms with Crippen LogP contribution in [0, 0.1) is 0 Å². The molecule has 1 saturated heterocycles. The fraction of sp³-hybridized carbons (Fsp3) is 0.625. The summed E-state index contributed by atoms with van der Waals surface area (Å²) in [7, 11) is 0. The summed E-state index contributed by atoms with van der Waals surface area (Å²) < 4.78 is 0. The van der Waals surface area contributed by atoms with E-state index in [0.717, 1.165) is 32.7 Å². The van der Waals surface area contributed by atoms with E-state index in [-0.39, 0.29) is 24.4 Å². The highest BCUT2D eigenvalue weighted by atomic mass is 32.1. The first-order valence-corrected chi connectivity index (χ1v) is 8.94. The highest BCUT2D eigenvalue weighted by Gasteiger charge is 2.19. The van der Waals surface area contributed by atoms with Crippen molar-refractivity contribution in [2.45, 2.75) is 26.4 Å². The van der Waals surface area contributed by atoms with E-state index in [4.69, 9.17) is 0 Å². The van der Waals surface area contributed by atoms with E-state index >= 15 is 0 Å². The molecule has 0 atom stereocenters. The Morgan fingerprint density at radius 1 is 1.17 bits per heavy atom. The highest BCUT2D eigenvalue weighted by Crippen LogP contribution is 2.13. The number of hydrogen-bond acceptors (Lipinski definition) is 5. The van der Waals surface area contributed by atoms with Crippen molar-refractivity contribution in [1.29, 1.82) is 0 Å². The maximum atomic E-state index is 11.9. The molecular formula is C16H26N4O2S. The van der Waals surface area contributed by atoms with Crippen molar-refractivity contribution in [3.05, 3.63) is 22.4 Å². The minimum absolute atomic E-state index is 0.0509. The van der Waals surface area contributed by atoms with Gasteiger partial charge >= 0.3 is 0 Å². The van der Waals surface area contributed by atoms with Crippen LogP contribution in [0.25, 0.3) is 0 Å². The summed E-state index contributed by atoms with van der Waals surface area (Å²) in [5.41, 5.74) is 0. The van der Waals surface area contributed by atoms with Crippen LogP contribution in [0.3, 0.4) is 0 Å². The Hall–Kier alpha value is -1.44. The van der Waals surface area contributed by atoms with Gasteiger partial charge in [-0.2, -0.15) is 0 Å². The summed E-state index contributed by atoms with van der Waals surface area (Å²) in [6.45, 7) is 8.92. The Morgan fingerprint density at radius 3 is 2.48 bits per heavy atom. The molecule has 1 aliphatic rings. The molecule has 0 unspecified atom stereocenters. The van der Waals surface area contributed by atoms with Crippen molar-refractivity contribution in [3.8, 4) is 0 Å². The zero-order valence-electron chi connectivity index (χ0n) is 13.9. The Bertz CT molecular complexity index is 496. The molecule has 0 bridgehead atoms. The zero-order chi connectivity index (χ0) is 16.7. The van der Waals surface area contributed by atoms with E-state index in [0.29, 0.717) is 6.54 Å². The summed E-state index contributed by atoms with van der Waals surface area (Å²) in [6, 6.07) is 4.33. The van der Waals surface area contributed by atoms with Gasteiger partial charge in [-0.15, -0.1) is 11.3 Å². The second-order valence-electron chi connectivity index (χ2n) is 6.13. The van der Waals surface area contributed by atoms with Crippen molar-refractivity contribution in [2.24, 2.45) is 0 Å². The van der Waals surface area contributed by atoms with Crippen LogP contribution < -0.4 is 10.6 Å². The van der Waals surface area contributed by atoms with Gasteiger partial charge in [-0.25, -0.2) is 0 Å². The molecule has 2 rings (SSSR count). The molecule has 1 fully saturated rings. The number of nitrogens with zero attached hydrogens (tertiary/aromatic N) is 2. The molecule has 0 aliphatic carbocycles. The van der Waals surface area contributed by atoms with Crippen LogP contribution in [0.15, 0.2) is 17.5 Å². The van der Waals surface area contributed by atoms with Gasteiger partial charge in [0.05, 0.1) is 13.1 Å². The van der Waals surface area contributed by atoms with Crippen LogP contribution >= 0.6 is 11.3 Å². The van der Waals surface area contributed by atoms with Crippen LogP contribution in [0.2, 0.25) is 0 Å². The lowest BCUT2D eigenvalue weighted by molar-refractivity contribution is -0.127. The minimum Gasteiger partial charge on any atom is -0.352 e. The van der Waals surface area contributed by atoms with E-state index in [1.165, 1.54) is 4.88 Å². The first-order chi connectivity index (χ1) is 11.0. The fourth-order valence-corrected chi connectivity index (χ4v) is 3.29. The predicted molar refractivity (Wildman–Crippen MR) is 92.3 cm³/mol. The third kappa shape index (κ3) is 6.68. The lowest BCUT2D eigenvalue weighted by atomic mass is 10.3. The average molecular weight is 338 g/mol. The molecule has 1 aromatic heterocycles. The Morgan fingerprint density at radius 2 is 1.87 bits per heavy atom. The van der Waals surface area contributed by atoms with Gasteiger partial charge < -0.3 is 10.6 Å². The molecule has 2 N–H and O–H groups in total. The van der Waals surface area contributed by atoms with Gasteiger partial charge in [0.25, 0.3) is 0 Å². The van der Waals surface area contributed by atoms with Crippen LogP contribution in [-0.4, -0.2) is 66.9 Å². The number of nitrogens with one attached hydrogen (secondary N) is 2. The molecule has 0 aromatic carbocycles. The second kappa shape index (κ2) is 9.00. The number of piperazine rings is 1. The summed E-state index contributed by atoms with van der Waals surface area (Å²) in [6.07, 6.45) is 0. The number of carbonyl (C=O) groups is 2. The lowest BCUT2D eigenvalue weighted by Crippen LogP contribution is -2.50. The lowest BCUT2D eigenvalue weighted by Gasteiger charge is -2.34. The largest absolute Gasteiger partial charge is 0.352 e. The highest BCUT2D eigenvalue weighted by molar-refractivity contribution is 7.09. The second-order valence-corrected chi connectivity index (χ2v) is 7.16. The molecule has 7 heteroatoms. The van der Waals surface area contributed by atoms with Crippen molar-refractivity contribution >= 4 is 23.2 Å². The van der Waals surface area contributed by atoms with E-state index in [2.05, 4.69) is 37.9 Å². The molecule has 1 aliphatic heterocycles. The molecule has 6 nitrogen and oxygen atoms in total. The van der Waals surface area contributed by atoms with Gasteiger partial charge in [-0.05, 0) is 25.3 Å². The molecule has 128 valence electrons. The summed E-state index contributed by atoms with van der Waals surface area (Å²) in [4.78, 5) is 29.3. The smallest absolute Gasteiger partial charge is 0.239 e. The average Bonchev–Trinajstić information content (AvgIpc) is 2.99. The zero-order valence-corrected chi connectivity index (χ0v) is 14.7. The quantitative estimate of drug-likeness (QED) is 0.760. The van der Waals surface area contributed by atoms with Gasteiger partial charge in [-0.1, -0.05) is 6.07 Å². The first kappa shape index (κ1) is 17.9. The molecule has 23 heavy (non-hydrogen) atoms. The fourth-order valence-electron chi connectivity index (χ4n) is 2.54. The van der Waals surface area contributed by atoms with Gasteiger partial charge in [-0.3, -0.25) is 19.4 Å². The third-order valence-corrected chi connectivity index (χ3v) is 4.55. The van der Waals surface area contributed by atoms with Crippen LogP contribution in [0.5, 0.6) is 0 Å². The maximum absolute atomic E-state index is 11.9. The molecule has 0 spiro atoms. The van der Waals surface area contributed by atoms with Crippen molar-refractivity contribution in [1.82, 2.24) is 20.4 Å². The number of carbonyl (C=O) groups excluding carboxylic acids is 2. The Kier molecular flexibility index (Phi) is 7.01. The number of rotatable bonds is 7. The Balaban J connectivity index is 1.62. The molecule has 2 amide bonds. The minimum atomic E-state index is -0.144. The van der Waals surface area contributed by atoms with E-state index in [9.17, 15) is 9.59 Å². The van der Waals surface area contributed by atoms with E-state index in [1.54, 1.807) is 11.3 Å². The maximum Gasteiger partial charge on any atom is 0.239 e. The van der Waals surface area contributed by atoms with Crippen LogP contribution in [0.1, 0.15) is 18.7 Å².